The van der Waals surface area contributed by atoms with Crippen molar-refractivity contribution in [1.82, 2.24) is 4.98 Å². The van der Waals surface area contributed by atoms with Crippen molar-refractivity contribution in [2.45, 2.75) is 56.3 Å². The van der Waals surface area contributed by atoms with Crippen LogP contribution in [0.5, 0.6) is 0 Å². The summed E-state index contributed by atoms with van der Waals surface area (Å²) >= 11 is 3.49. The first kappa shape index (κ1) is 24.7. The number of carbonyl (C=O) groups is 1. The summed E-state index contributed by atoms with van der Waals surface area (Å²) in [5.74, 6) is -2.71. The summed E-state index contributed by atoms with van der Waals surface area (Å²) in [6, 6.07) is 6.82. The van der Waals surface area contributed by atoms with Crippen LogP contribution < -0.4 is 10.2 Å². The van der Waals surface area contributed by atoms with Crippen LogP contribution in [0.1, 0.15) is 47.8 Å². The molecule has 32 heavy (non-hydrogen) atoms. The summed E-state index contributed by atoms with van der Waals surface area (Å²) in [5.41, 5.74) is 1.36. The van der Waals surface area contributed by atoms with Gasteiger partial charge >= 0.3 is 0 Å². The van der Waals surface area contributed by atoms with Crippen LogP contribution in [0.2, 0.25) is 0 Å². The second-order valence-corrected chi connectivity index (χ2v) is 10.6. The van der Waals surface area contributed by atoms with Gasteiger partial charge in [0.1, 0.15) is 11.3 Å². The minimum absolute atomic E-state index is 0.117. The van der Waals surface area contributed by atoms with Crippen LogP contribution >= 0.6 is 15.9 Å². The van der Waals surface area contributed by atoms with Crippen molar-refractivity contribution in [3.63, 3.8) is 0 Å². The van der Waals surface area contributed by atoms with Crippen LogP contribution in [-0.4, -0.2) is 40.4 Å². The second-order valence-electron chi connectivity index (χ2n) is 7.95. The Morgan fingerprint density at radius 2 is 2.06 bits per heavy atom. The molecule has 0 saturated carbocycles. The van der Waals surface area contributed by atoms with E-state index in [0.717, 1.165) is 0 Å². The molecule has 3 N–H and O–H groups in total. The lowest BCUT2D eigenvalue weighted by atomic mass is 10.1. The first-order valence-electron chi connectivity index (χ1n) is 10.3. The van der Waals surface area contributed by atoms with Gasteiger partial charge in [-0.2, -0.15) is 0 Å². The van der Waals surface area contributed by atoms with Crippen molar-refractivity contribution < 1.29 is 18.7 Å². The predicted octanol–water partition coefficient (Wildman–Crippen LogP) is 5.42. The maximum absolute atomic E-state index is 13.9. The fourth-order valence-electron chi connectivity index (χ4n) is 3.69. The van der Waals surface area contributed by atoms with Crippen LogP contribution in [0, 0.1) is 18.6 Å². The summed E-state index contributed by atoms with van der Waals surface area (Å²) in [4.78, 5) is 20.3. The molecule has 1 amide bonds. The summed E-state index contributed by atoms with van der Waals surface area (Å²) < 4.78 is 36.6. The quantitative estimate of drug-likeness (QED) is 0.483. The normalized spacial score (nSPS) is 18.0. The summed E-state index contributed by atoms with van der Waals surface area (Å²) in [5, 5.41) is 12.6. The molecule has 1 fully saturated rings. The third kappa shape index (κ3) is 5.52. The van der Waals surface area contributed by atoms with Crippen molar-refractivity contribution in [2.24, 2.45) is 0 Å². The van der Waals surface area contributed by atoms with Gasteiger partial charge in [0.05, 0.1) is 11.3 Å². The molecule has 0 aliphatic carbocycles. The largest absolute Gasteiger partial charge is 0.381 e. The fourth-order valence-corrected chi connectivity index (χ4v) is 4.85. The molecule has 0 radical (unpaired) electrons. The number of nitrogens with zero attached hydrogens (tertiary/aromatic N) is 2. The highest BCUT2D eigenvalue weighted by Gasteiger charge is 2.33. The molecule has 1 aliphatic heterocycles. The summed E-state index contributed by atoms with van der Waals surface area (Å²) in [7, 11) is -1.13. The molecule has 2 atom stereocenters. The number of pyridine rings is 1. The molecule has 6 nitrogen and oxygen atoms in total. The Balaban J connectivity index is 1.96. The lowest BCUT2D eigenvalue weighted by Crippen LogP contribution is -2.30. The highest BCUT2D eigenvalue weighted by Crippen LogP contribution is 2.34. The molecule has 1 unspecified atom stereocenters. The third-order valence-corrected chi connectivity index (χ3v) is 8.06. The van der Waals surface area contributed by atoms with Crippen molar-refractivity contribution >= 4 is 44.0 Å². The number of benzene rings is 1. The van der Waals surface area contributed by atoms with Gasteiger partial charge in [-0.15, -0.1) is 0 Å². The Morgan fingerprint density at radius 3 is 2.75 bits per heavy atom. The topological polar surface area (TPSA) is 89.3 Å². The molecule has 174 valence electrons. The van der Waals surface area contributed by atoms with E-state index in [4.69, 9.17) is 4.78 Å². The third-order valence-electron chi connectivity index (χ3n) is 5.45. The average Bonchev–Trinajstić information content (AvgIpc) is 2.91. The molecule has 1 aliphatic rings. The monoisotopic (exact) mass is 528 g/mol. The van der Waals surface area contributed by atoms with E-state index < -0.39 is 28.0 Å². The second kappa shape index (κ2) is 9.93. The number of rotatable bonds is 5. The van der Waals surface area contributed by atoms with Gasteiger partial charge < -0.3 is 15.3 Å². The number of aryl methyl sites for hydroxylation is 1. The molecule has 0 spiro atoms. The number of nitrogens with one attached hydrogen (secondary N) is 2. The predicted molar refractivity (Wildman–Crippen MR) is 127 cm³/mol. The Labute approximate surface area is 197 Å². The number of hydrogen-bond donors (Lipinski definition) is 3. The van der Waals surface area contributed by atoms with Gasteiger partial charge in [0.25, 0.3) is 5.91 Å². The maximum Gasteiger partial charge on any atom is 0.259 e. The van der Waals surface area contributed by atoms with Gasteiger partial charge in [0.2, 0.25) is 5.92 Å². The molecule has 2 heterocycles. The lowest BCUT2D eigenvalue weighted by Gasteiger charge is -2.26. The number of alkyl halides is 2. The highest BCUT2D eigenvalue weighted by atomic mass is 79.9. The van der Waals surface area contributed by atoms with E-state index in [1.54, 1.807) is 43.0 Å². The number of hydrogen-bond acceptors (Lipinski definition) is 5. The number of aromatic nitrogens is 1. The zero-order chi connectivity index (χ0) is 23.6. The first-order valence-corrected chi connectivity index (χ1v) is 12.4. The number of aliphatic hydroxyl groups excluding tert-OH is 1. The van der Waals surface area contributed by atoms with E-state index in [9.17, 15) is 18.7 Å². The van der Waals surface area contributed by atoms with E-state index >= 15 is 0 Å². The van der Waals surface area contributed by atoms with E-state index in [-0.39, 0.29) is 19.4 Å². The molecule has 0 bridgehead atoms. The first-order chi connectivity index (χ1) is 15.0. The summed E-state index contributed by atoms with van der Waals surface area (Å²) in [6.07, 6.45) is -0.140. The Bertz CT molecular complexity index is 1050. The molecular weight excluding hydrogens is 502 g/mol. The van der Waals surface area contributed by atoms with Crippen molar-refractivity contribution in [3.05, 3.63) is 45.6 Å². The van der Waals surface area contributed by atoms with Gasteiger partial charge in [-0.1, -0.05) is 6.07 Å². The van der Waals surface area contributed by atoms with Gasteiger partial charge in [0.15, 0.2) is 0 Å². The number of halogens is 3. The molecule has 3 rings (SSSR count). The number of carbonyl (C=O) groups excluding carboxylic acids is 1. The van der Waals surface area contributed by atoms with Crippen LogP contribution in [0.4, 0.5) is 20.3 Å². The number of aliphatic hydroxyl groups is 1. The zero-order valence-corrected chi connectivity index (χ0v) is 20.6. The Morgan fingerprint density at radius 1 is 1.34 bits per heavy atom. The van der Waals surface area contributed by atoms with Crippen molar-refractivity contribution in [2.75, 3.05) is 23.3 Å². The van der Waals surface area contributed by atoms with Crippen LogP contribution in [0.3, 0.4) is 0 Å². The van der Waals surface area contributed by atoms with Gasteiger partial charge in [-0.05, 0) is 77.6 Å². The van der Waals surface area contributed by atoms with Crippen molar-refractivity contribution in [3.8, 4) is 0 Å². The van der Waals surface area contributed by atoms with Gasteiger partial charge in [-0.25, -0.2) is 13.8 Å². The molecule has 10 heteroatoms. The van der Waals surface area contributed by atoms with E-state index in [0.29, 0.717) is 50.7 Å². The summed E-state index contributed by atoms with van der Waals surface area (Å²) in [6.45, 7) is 5.68. The van der Waals surface area contributed by atoms with Crippen LogP contribution in [0.15, 0.2) is 33.6 Å². The fraction of sp³-hybridized carbons (Fsp3) is 0.455. The SMILES string of the molecule is Cc1nc(N2CCCC(F)(F)CC2)c(C(=O)Nc2cccc(S(=N)[C@@H](C)O)c2)c(C)c1Br. The maximum atomic E-state index is 13.9. The van der Waals surface area contributed by atoms with Gasteiger partial charge in [0, 0.05) is 41.0 Å². The van der Waals surface area contributed by atoms with Gasteiger partial charge in [-0.3, -0.25) is 9.57 Å². The number of amides is 1. The Hall–Kier alpha value is -1.91. The number of anilines is 2. The van der Waals surface area contributed by atoms with E-state index in [1.807, 2.05) is 6.92 Å². The standard InChI is InChI=1S/C22H27BrF2N4O2S/c1-13-18(21(31)28-16-6-4-7-17(12-16)32(26)15(3)30)20(27-14(2)19(13)23)29-10-5-8-22(24,25)9-11-29/h4,6-7,12,15,26,30H,5,8-11H2,1-3H3,(H,28,31)/t15-,32?/m0/s1. The van der Waals surface area contributed by atoms with E-state index in [1.165, 1.54) is 0 Å². The van der Waals surface area contributed by atoms with Crippen LogP contribution in [0.25, 0.3) is 0 Å². The minimum Gasteiger partial charge on any atom is -0.381 e. The van der Waals surface area contributed by atoms with E-state index in [2.05, 4.69) is 26.2 Å². The molecule has 2 aromatic rings. The average molecular weight is 529 g/mol. The van der Waals surface area contributed by atoms with Crippen LogP contribution in [-0.2, 0) is 10.7 Å². The molecular formula is C22H27BrF2N4O2S. The zero-order valence-electron chi connectivity index (χ0n) is 18.2. The highest BCUT2D eigenvalue weighted by molar-refractivity contribution is 9.10. The molecule has 1 aromatic heterocycles. The molecule has 1 aromatic carbocycles. The van der Waals surface area contributed by atoms with Crippen molar-refractivity contribution in [1.29, 1.82) is 4.78 Å². The lowest BCUT2D eigenvalue weighted by molar-refractivity contribution is -0.0102. The minimum atomic E-state index is -2.71. The molecule has 1 saturated heterocycles. The Kier molecular flexibility index (Phi) is 7.67. The smallest absolute Gasteiger partial charge is 0.259 e.